The predicted octanol–water partition coefficient (Wildman–Crippen LogP) is 2.79. The van der Waals surface area contributed by atoms with Gasteiger partial charge in [0.15, 0.2) is 0 Å². The molecule has 1 aromatic heterocycles. The zero-order chi connectivity index (χ0) is 17.7. The first kappa shape index (κ1) is 18.1. The lowest BCUT2D eigenvalue weighted by atomic mass is 9.86. The van der Waals surface area contributed by atoms with E-state index in [9.17, 15) is 9.90 Å². The Bertz CT molecular complexity index is 645. The number of hydrogen-bond acceptors (Lipinski definition) is 4. The summed E-state index contributed by atoms with van der Waals surface area (Å²) in [4.78, 5) is 16.0. The molecule has 2 aromatic rings. The van der Waals surface area contributed by atoms with E-state index in [1.165, 1.54) is 11.9 Å². The normalized spacial score (nSPS) is 14.2. The fourth-order valence-corrected chi connectivity index (χ4v) is 2.45. The second-order valence-electron chi connectivity index (χ2n) is 7.09. The molecule has 0 fully saturated rings. The van der Waals surface area contributed by atoms with E-state index in [0.717, 1.165) is 5.56 Å². The third-order valence-electron chi connectivity index (χ3n) is 4.03. The third-order valence-corrected chi connectivity index (χ3v) is 4.03. The quantitative estimate of drug-likeness (QED) is 0.759. The fraction of sp³-hybridized carbons (Fsp3) is 0.500. The first-order chi connectivity index (χ1) is 11.3. The summed E-state index contributed by atoms with van der Waals surface area (Å²) < 4.78 is 0. The standard InChI is InChI=1S/C18H26N4O2/c1-12(17-19-11-20-22-17)21-16(24)10-9-15(23)13-5-7-14(8-6-13)18(2,3)4/h5-8,11-12,15,23H,9-10H2,1-4H3,(H,21,24)(H,19,20,22)/t12-,15-/m0/s1. The van der Waals surface area contributed by atoms with Gasteiger partial charge in [-0.15, -0.1) is 0 Å². The molecular weight excluding hydrogens is 304 g/mol. The molecule has 6 heteroatoms. The van der Waals surface area contributed by atoms with E-state index in [-0.39, 0.29) is 23.8 Å². The maximum Gasteiger partial charge on any atom is 0.220 e. The van der Waals surface area contributed by atoms with Crippen LogP contribution in [0.15, 0.2) is 30.6 Å². The van der Waals surface area contributed by atoms with Crippen molar-refractivity contribution in [2.75, 3.05) is 0 Å². The molecule has 1 heterocycles. The highest BCUT2D eigenvalue weighted by atomic mass is 16.3. The van der Waals surface area contributed by atoms with E-state index < -0.39 is 6.10 Å². The fourth-order valence-electron chi connectivity index (χ4n) is 2.45. The van der Waals surface area contributed by atoms with Crippen molar-refractivity contribution in [1.29, 1.82) is 0 Å². The largest absolute Gasteiger partial charge is 0.388 e. The SMILES string of the molecule is C[C@H](NC(=O)CC[C@H](O)c1ccc(C(C)(C)C)cc1)c1ncn[nH]1. The van der Waals surface area contributed by atoms with Crippen LogP contribution in [-0.4, -0.2) is 26.2 Å². The number of aromatic amines is 1. The van der Waals surface area contributed by atoms with Gasteiger partial charge in [0.1, 0.15) is 12.2 Å². The second-order valence-corrected chi connectivity index (χ2v) is 7.09. The van der Waals surface area contributed by atoms with E-state index in [2.05, 4.69) is 41.3 Å². The van der Waals surface area contributed by atoms with Crippen LogP contribution in [-0.2, 0) is 10.2 Å². The Morgan fingerprint density at radius 3 is 2.50 bits per heavy atom. The van der Waals surface area contributed by atoms with Gasteiger partial charge >= 0.3 is 0 Å². The molecular formula is C18H26N4O2. The predicted molar refractivity (Wildman–Crippen MR) is 92.3 cm³/mol. The van der Waals surface area contributed by atoms with Gasteiger partial charge in [-0.25, -0.2) is 4.98 Å². The number of carbonyl (C=O) groups excluding carboxylic acids is 1. The molecule has 0 aliphatic carbocycles. The number of benzene rings is 1. The highest BCUT2D eigenvalue weighted by Crippen LogP contribution is 2.25. The maximum absolute atomic E-state index is 12.0. The second kappa shape index (κ2) is 7.57. The number of nitrogens with zero attached hydrogens (tertiary/aromatic N) is 2. The topological polar surface area (TPSA) is 90.9 Å². The minimum absolute atomic E-state index is 0.0835. The number of amides is 1. The summed E-state index contributed by atoms with van der Waals surface area (Å²) in [5, 5.41) is 19.6. The molecule has 0 bridgehead atoms. The van der Waals surface area contributed by atoms with Gasteiger partial charge in [-0.1, -0.05) is 45.0 Å². The van der Waals surface area contributed by atoms with Crippen LogP contribution in [0.2, 0.25) is 0 Å². The molecule has 1 amide bonds. The van der Waals surface area contributed by atoms with Crippen molar-refractivity contribution in [2.24, 2.45) is 0 Å². The van der Waals surface area contributed by atoms with E-state index >= 15 is 0 Å². The van der Waals surface area contributed by atoms with Gasteiger partial charge in [-0.2, -0.15) is 5.10 Å². The van der Waals surface area contributed by atoms with Gasteiger partial charge in [0.2, 0.25) is 5.91 Å². The molecule has 1 aromatic carbocycles. The number of hydrogen-bond donors (Lipinski definition) is 3. The first-order valence-electron chi connectivity index (χ1n) is 8.20. The van der Waals surface area contributed by atoms with E-state index in [4.69, 9.17) is 0 Å². The number of H-pyrrole nitrogens is 1. The summed E-state index contributed by atoms with van der Waals surface area (Å²) in [6.45, 7) is 8.29. The van der Waals surface area contributed by atoms with Gasteiger partial charge in [-0.05, 0) is 29.9 Å². The van der Waals surface area contributed by atoms with Gasteiger partial charge in [0.05, 0.1) is 12.1 Å². The molecule has 3 N–H and O–H groups in total. The third kappa shape index (κ3) is 4.89. The molecule has 130 valence electrons. The molecule has 2 atom stereocenters. The van der Waals surface area contributed by atoms with Crippen molar-refractivity contribution >= 4 is 5.91 Å². The number of aliphatic hydroxyl groups is 1. The van der Waals surface area contributed by atoms with Crippen LogP contribution < -0.4 is 5.32 Å². The molecule has 0 aliphatic rings. The average molecular weight is 330 g/mol. The Kier molecular flexibility index (Phi) is 5.72. The summed E-state index contributed by atoms with van der Waals surface area (Å²) in [6.07, 6.45) is 1.39. The van der Waals surface area contributed by atoms with Crippen LogP contribution in [0.3, 0.4) is 0 Å². The summed E-state index contributed by atoms with van der Waals surface area (Å²) in [5.41, 5.74) is 2.14. The summed E-state index contributed by atoms with van der Waals surface area (Å²) in [6, 6.07) is 7.69. The van der Waals surface area contributed by atoms with E-state index in [1.54, 1.807) is 0 Å². The lowest BCUT2D eigenvalue weighted by molar-refractivity contribution is -0.122. The summed E-state index contributed by atoms with van der Waals surface area (Å²) in [5.74, 6) is 0.492. The zero-order valence-corrected chi connectivity index (χ0v) is 14.7. The Balaban J connectivity index is 1.84. The highest BCUT2D eigenvalue weighted by Gasteiger charge is 2.16. The molecule has 24 heavy (non-hydrogen) atoms. The molecule has 0 unspecified atom stereocenters. The number of carbonyl (C=O) groups is 1. The lowest BCUT2D eigenvalue weighted by Gasteiger charge is -2.20. The minimum atomic E-state index is -0.648. The highest BCUT2D eigenvalue weighted by molar-refractivity contribution is 5.76. The van der Waals surface area contributed by atoms with Gasteiger partial charge in [-0.3, -0.25) is 9.89 Å². The van der Waals surface area contributed by atoms with Gasteiger partial charge < -0.3 is 10.4 Å². The Hall–Kier alpha value is -2.21. The minimum Gasteiger partial charge on any atom is -0.388 e. The molecule has 2 rings (SSSR count). The molecule has 0 aliphatic heterocycles. The Morgan fingerprint density at radius 1 is 1.29 bits per heavy atom. The Morgan fingerprint density at radius 2 is 1.96 bits per heavy atom. The molecule has 0 radical (unpaired) electrons. The average Bonchev–Trinajstić information content (AvgIpc) is 3.06. The van der Waals surface area contributed by atoms with Gasteiger partial charge in [0, 0.05) is 6.42 Å². The van der Waals surface area contributed by atoms with Crippen LogP contribution in [0.5, 0.6) is 0 Å². The van der Waals surface area contributed by atoms with Crippen molar-refractivity contribution in [3.8, 4) is 0 Å². The van der Waals surface area contributed by atoms with Crippen LogP contribution in [0.4, 0.5) is 0 Å². The van der Waals surface area contributed by atoms with Crippen molar-refractivity contribution in [3.05, 3.63) is 47.5 Å². The monoisotopic (exact) mass is 330 g/mol. The Labute approximate surface area is 142 Å². The maximum atomic E-state index is 12.0. The van der Waals surface area contributed by atoms with E-state index in [0.29, 0.717) is 12.2 Å². The van der Waals surface area contributed by atoms with Crippen LogP contribution >= 0.6 is 0 Å². The van der Waals surface area contributed by atoms with Crippen LogP contribution in [0.25, 0.3) is 0 Å². The first-order valence-corrected chi connectivity index (χ1v) is 8.20. The lowest BCUT2D eigenvalue weighted by Crippen LogP contribution is -2.27. The zero-order valence-electron chi connectivity index (χ0n) is 14.7. The van der Waals surface area contributed by atoms with Crippen molar-refractivity contribution in [3.63, 3.8) is 0 Å². The summed E-state index contributed by atoms with van der Waals surface area (Å²) in [7, 11) is 0. The number of aliphatic hydroxyl groups excluding tert-OH is 1. The number of rotatable bonds is 6. The van der Waals surface area contributed by atoms with Crippen LogP contribution in [0.1, 0.15) is 69.6 Å². The number of nitrogens with one attached hydrogen (secondary N) is 2. The van der Waals surface area contributed by atoms with E-state index in [1.807, 2.05) is 31.2 Å². The smallest absolute Gasteiger partial charge is 0.220 e. The number of aromatic nitrogens is 3. The summed E-state index contributed by atoms with van der Waals surface area (Å²) >= 11 is 0. The van der Waals surface area contributed by atoms with Crippen LogP contribution in [0, 0.1) is 0 Å². The van der Waals surface area contributed by atoms with Gasteiger partial charge in [0.25, 0.3) is 0 Å². The molecule has 0 saturated heterocycles. The molecule has 0 saturated carbocycles. The molecule has 0 spiro atoms. The van der Waals surface area contributed by atoms with Crippen molar-refractivity contribution < 1.29 is 9.90 Å². The molecule has 6 nitrogen and oxygen atoms in total. The van der Waals surface area contributed by atoms with Crippen molar-refractivity contribution in [2.45, 2.75) is 58.1 Å². The van der Waals surface area contributed by atoms with Crippen molar-refractivity contribution in [1.82, 2.24) is 20.5 Å².